The lowest BCUT2D eigenvalue weighted by Crippen LogP contribution is -2.37. The van der Waals surface area contributed by atoms with Crippen molar-refractivity contribution in [2.24, 2.45) is 0 Å². The minimum atomic E-state index is -3.51. The maximum Gasteiger partial charge on any atom is 0.286 e. The van der Waals surface area contributed by atoms with Crippen LogP contribution >= 0.6 is 22.9 Å². The summed E-state index contributed by atoms with van der Waals surface area (Å²) >= 11 is 7.19. The Hall–Kier alpha value is -2.33. The number of amides is 1. The third kappa shape index (κ3) is 4.95. The molecular formula is C21H21ClN4O3S2. The normalized spacial score (nSPS) is 15.7. The highest BCUT2D eigenvalue weighted by atomic mass is 35.5. The number of anilines is 1. The molecule has 0 aliphatic carbocycles. The first-order chi connectivity index (χ1) is 14.8. The number of hydrogen-bond donors (Lipinski definition) is 1. The summed E-state index contributed by atoms with van der Waals surface area (Å²) in [6.07, 6.45) is 1.27. The van der Waals surface area contributed by atoms with Crippen LogP contribution in [0.15, 0.2) is 53.4 Å². The third-order valence-electron chi connectivity index (χ3n) is 5.15. The molecule has 0 radical (unpaired) electrons. The van der Waals surface area contributed by atoms with Crippen molar-refractivity contribution in [2.45, 2.75) is 30.6 Å². The van der Waals surface area contributed by atoms with Crippen molar-refractivity contribution in [3.8, 4) is 0 Å². The number of piperidine rings is 1. The van der Waals surface area contributed by atoms with Crippen LogP contribution in [0.1, 0.15) is 39.1 Å². The number of hydrogen-bond acceptors (Lipinski definition) is 6. The van der Waals surface area contributed by atoms with Crippen LogP contribution in [-0.2, 0) is 10.0 Å². The third-order valence-corrected chi connectivity index (χ3v) is 8.36. The number of nitrogens with one attached hydrogen (secondary N) is 1. The molecule has 1 aliphatic rings. The Labute approximate surface area is 190 Å². The summed E-state index contributed by atoms with van der Waals surface area (Å²) in [6, 6.07) is 13.8. The number of carbonyl (C=O) groups excluding carboxylic acids is 1. The zero-order chi connectivity index (χ0) is 22.0. The van der Waals surface area contributed by atoms with Gasteiger partial charge in [-0.1, -0.05) is 41.1 Å². The fourth-order valence-electron chi connectivity index (χ4n) is 3.51. The highest BCUT2D eigenvalue weighted by molar-refractivity contribution is 7.89. The first kappa shape index (κ1) is 21.9. The van der Waals surface area contributed by atoms with Gasteiger partial charge in [0.15, 0.2) is 0 Å². The van der Waals surface area contributed by atoms with E-state index in [4.69, 9.17) is 11.6 Å². The van der Waals surface area contributed by atoms with Gasteiger partial charge in [-0.15, -0.1) is 10.2 Å². The average molecular weight is 477 g/mol. The van der Waals surface area contributed by atoms with E-state index in [1.807, 2.05) is 13.0 Å². The molecule has 1 fully saturated rings. The van der Waals surface area contributed by atoms with Gasteiger partial charge in [0.1, 0.15) is 5.01 Å². The Morgan fingerprint density at radius 3 is 2.58 bits per heavy atom. The SMILES string of the molecule is Cc1cccc(S(=O)(=O)N2CCC(c3nnc(C(=O)Nc4cccc(Cl)c4)s3)CC2)c1. The van der Waals surface area contributed by atoms with Crippen LogP contribution in [0, 0.1) is 6.92 Å². The number of aromatic nitrogens is 2. The molecule has 0 atom stereocenters. The van der Waals surface area contributed by atoms with Crippen LogP contribution in [0.2, 0.25) is 5.02 Å². The van der Waals surface area contributed by atoms with Crippen LogP contribution in [0.25, 0.3) is 0 Å². The molecular weight excluding hydrogens is 456 g/mol. The molecule has 1 saturated heterocycles. The van der Waals surface area contributed by atoms with E-state index in [0.29, 0.717) is 41.5 Å². The largest absolute Gasteiger partial charge is 0.320 e. The van der Waals surface area contributed by atoms with Gasteiger partial charge in [0.05, 0.1) is 4.90 Å². The second kappa shape index (κ2) is 9.04. The van der Waals surface area contributed by atoms with Crippen molar-refractivity contribution in [2.75, 3.05) is 18.4 Å². The summed E-state index contributed by atoms with van der Waals surface area (Å²) in [4.78, 5) is 12.8. The fraction of sp³-hybridized carbons (Fsp3) is 0.286. The maximum atomic E-state index is 12.9. The number of rotatable bonds is 5. The quantitative estimate of drug-likeness (QED) is 0.592. The van der Waals surface area contributed by atoms with Crippen LogP contribution in [0.3, 0.4) is 0 Å². The van der Waals surface area contributed by atoms with Gasteiger partial charge in [-0.2, -0.15) is 4.31 Å². The van der Waals surface area contributed by atoms with Crippen molar-refractivity contribution < 1.29 is 13.2 Å². The summed E-state index contributed by atoms with van der Waals surface area (Å²) in [5, 5.41) is 12.5. The van der Waals surface area contributed by atoms with Gasteiger partial charge in [0.2, 0.25) is 15.0 Å². The molecule has 1 aliphatic heterocycles. The number of halogens is 1. The molecule has 1 N–H and O–H groups in total. The molecule has 0 spiro atoms. The molecule has 4 rings (SSSR count). The van der Waals surface area contributed by atoms with Gasteiger partial charge >= 0.3 is 0 Å². The van der Waals surface area contributed by atoms with Crippen LogP contribution in [-0.4, -0.2) is 41.9 Å². The molecule has 0 saturated carbocycles. The smallest absolute Gasteiger partial charge is 0.286 e. The minimum Gasteiger partial charge on any atom is -0.320 e. The van der Waals surface area contributed by atoms with E-state index in [1.165, 1.54) is 15.6 Å². The molecule has 2 aromatic carbocycles. The number of aryl methyl sites for hydroxylation is 1. The Kier molecular flexibility index (Phi) is 6.38. The second-order valence-corrected chi connectivity index (χ2v) is 10.8. The number of benzene rings is 2. The second-order valence-electron chi connectivity index (χ2n) is 7.40. The lowest BCUT2D eigenvalue weighted by atomic mass is 9.99. The minimum absolute atomic E-state index is 0.0779. The van der Waals surface area contributed by atoms with Gasteiger partial charge in [0, 0.05) is 29.7 Å². The lowest BCUT2D eigenvalue weighted by Gasteiger charge is -2.30. The summed E-state index contributed by atoms with van der Waals surface area (Å²) in [6.45, 7) is 2.69. The monoisotopic (exact) mass is 476 g/mol. The predicted octanol–water partition coefficient (Wildman–Crippen LogP) is 4.32. The van der Waals surface area contributed by atoms with E-state index < -0.39 is 10.0 Å². The predicted molar refractivity (Wildman–Crippen MR) is 121 cm³/mol. The van der Waals surface area contributed by atoms with Crippen molar-refractivity contribution in [1.29, 1.82) is 0 Å². The summed E-state index contributed by atoms with van der Waals surface area (Å²) in [5.74, 6) is -0.264. The number of sulfonamides is 1. The molecule has 2 heterocycles. The van der Waals surface area contributed by atoms with Gasteiger partial charge in [-0.05, 0) is 55.7 Å². The van der Waals surface area contributed by atoms with E-state index in [1.54, 1.807) is 42.5 Å². The number of carbonyl (C=O) groups is 1. The van der Waals surface area contributed by atoms with E-state index >= 15 is 0 Å². The van der Waals surface area contributed by atoms with Crippen molar-refractivity contribution in [3.05, 3.63) is 69.1 Å². The molecule has 31 heavy (non-hydrogen) atoms. The standard InChI is InChI=1S/C21H21ClN4O3S2/c1-14-4-2-7-18(12-14)31(28,29)26-10-8-15(9-11-26)20-24-25-21(30-20)19(27)23-17-6-3-5-16(22)13-17/h2-7,12-13,15H,8-11H2,1H3,(H,23,27). The Morgan fingerprint density at radius 2 is 1.87 bits per heavy atom. The van der Waals surface area contributed by atoms with E-state index in [9.17, 15) is 13.2 Å². The van der Waals surface area contributed by atoms with Crippen molar-refractivity contribution in [1.82, 2.24) is 14.5 Å². The highest BCUT2D eigenvalue weighted by Gasteiger charge is 2.31. The Balaban J connectivity index is 1.39. The highest BCUT2D eigenvalue weighted by Crippen LogP contribution is 2.32. The molecule has 7 nitrogen and oxygen atoms in total. The van der Waals surface area contributed by atoms with E-state index in [0.717, 1.165) is 10.6 Å². The Bertz CT molecular complexity index is 1200. The van der Waals surface area contributed by atoms with Gasteiger partial charge in [0.25, 0.3) is 5.91 Å². The zero-order valence-corrected chi connectivity index (χ0v) is 19.2. The van der Waals surface area contributed by atoms with Crippen LogP contribution in [0.4, 0.5) is 5.69 Å². The molecule has 3 aromatic rings. The molecule has 0 unspecified atom stereocenters. The van der Waals surface area contributed by atoms with Crippen molar-refractivity contribution in [3.63, 3.8) is 0 Å². The first-order valence-corrected chi connectivity index (χ1v) is 12.4. The number of nitrogens with zero attached hydrogens (tertiary/aromatic N) is 3. The molecule has 162 valence electrons. The summed E-state index contributed by atoms with van der Waals surface area (Å²) in [7, 11) is -3.51. The van der Waals surface area contributed by atoms with E-state index in [2.05, 4.69) is 15.5 Å². The first-order valence-electron chi connectivity index (χ1n) is 9.80. The molecule has 1 aromatic heterocycles. The molecule has 0 bridgehead atoms. The van der Waals surface area contributed by atoms with Gasteiger partial charge in [-0.3, -0.25) is 4.79 Å². The van der Waals surface area contributed by atoms with Crippen LogP contribution in [0.5, 0.6) is 0 Å². The maximum absolute atomic E-state index is 12.9. The average Bonchev–Trinajstić information content (AvgIpc) is 3.24. The fourth-order valence-corrected chi connectivity index (χ4v) is 6.18. The molecule has 10 heteroatoms. The summed E-state index contributed by atoms with van der Waals surface area (Å²) < 4.78 is 27.3. The summed E-state index contributed by atoms with van der Waals surface area (Å²) in [5.41, 5.74) is 1.50. The van der Waals surface area contributed by atoms with Crippen molar-refractivity contribution >= 4 is 44.6 Å². The Morgan fingerprint density at radius 1 is 1.13 bits per heavy atom. The topological polar surface area (TPSA) is 92.3 Å². The van der Waals surface area contributed by atoms with Crippen LogP contribution < -0.4 is 5.32 Å². The lowest BCUT2D eigenvalue weighted by molar-refractivity contribution is 0.102. The van der Waals surface area contributed by atoms with Gasteiger partial charge in [-0.25, -0.2) is 8.42 Å². The molecule has 1 amide bonds. The van der Waals surface area contributed by atoms with Gasteiger partial charge < -0.3 is 5.32 Å². The van der Waals surface area contributed by atoms with E-state index in [-0.39, 0.29) is 16.8 Å². The zero-order valence-electron chi connectivity index (χ0n) is 16.8.